The van der Waals surface area contributed by atoms with Crippen molar-refractivity contribution in [2.45, 2.75) is 38.6 Å². The molecule has 0 N–H and O–H groups in total. The van der Waals surface area contributed by atoms with Crippen LogP contribution < -0.4 is 0 Å². The highest BCUT2D eigenvalue weighted by Gasteiger charge is 2.48. The quantitative estimate of drug-likeness (QED) is 0.566. The summed E-state index contributed by atoms with van der Waals surface area (Å²) in [5.41, 5.74) is -0.604. The molecule has 1 aromatic rings. The van der Waals surface area contributed by atoms with E-state index in [-0.39, 0.29) is 4.92 Å². The Morgan fingerprint density at radius 1 is 1.20 bits per heavy atom. The van der Waals surface area contributed by atoms with Crippen LogP contribution in [-0.2, 0) is 5.41 Å². The zero-order valence-corrected chi connectivity index (χ0v) is 9.52. The minimum Gasteiger partial charge on any atom is -0.265 e. The lowest BCUT2D eigenvalue weighted by atomic mass is 9.70. The van der Waals surface area contributed by atoms with Gasteiger partial charge < -0.3 is 0 Å². The van der Waals surface area contributed by atoms with Crippen LogP contribution in [0.4, 0.5) is 0 Å². The lowest BCUT2D eigenvalue weighted by molar-refractivity contribution is -0.573. The maximum Gasteiger partial charge on any atom is 0.225 e. The fraction of sp³-hybridized carbons (Fsp3) is 0.545. The summed E-state index contributed by atoms with van der Waals surface area (Å²) in [6.07, 6.45) is 3.32. The van der Waals surface area contributed by atoms with E-state index in [9.17, 15) is 10.1 Å². The molecule has 0 aliphatic rings. The number of aromatic nitrogens is 1. The van der Waals surface area contributed by atoms with E-state index < -0.39 is 11.0 Å². The van der Waals surface area contributed by atoms with E-state index in [1.165, 1.54) is 0 Å². The van der Waals surface area contributed by atoms with Crippen molar-refractivity contribution < 1.29 is 4.92 Å². The fourth-order valence-corrected chi connectivity index (χ4v) is 1.35. The second-order valence-electron chi connectivity index (χ2n) is 4.68. The van der Waals surface area contributed by atoms with E-state index in [4.69, 9.17) is 0 Å². The Bertz CT molecular complexity index is 358. The third kappa shape index (κ3) is 1.84. The normalized spacial score (nSPS) is 12.5. The first-order chi connectivity index (χ1) is 6.80. The van der Waals surface area contributed by atoms with Crippen molar-refractivity contribution in [3.8, 4) is 0 Å². The van der Waals surface area contributed by atoms with Crippen LogP contribution in [0.15, 0.2) is 24.5 Å². The van der Waals surface area contributed by atoms with E-state index in [1.807, 2.05) is 26.0 Å². The van der Waals surface area contributed by atoms with Crippen molar-refractivity contribution in [2.75, 3.05) is 0 Å². The zero-order chi connectivity index (χ0) is 11.7. The molecule has 0 aromatic carbocycles. The van der Waals surface area contributed by atoms with Crippen molar-refractivity contribution in [1.29, 1.82) is 0 Å². The monoisotopic (exact) mass is 208 g/mol. The van der Waals surface area contributed by atoms with Crippen LogP contribution in [0.25, 0.3) is 0 Å². The molecule has 0 spiro atoms. The van der Waals surface area contributed by atoms with Gasteiger partial charge in [-0.15, -0.1) is 0 Å². The molecule has 0 saturated heterocycles. The number of nitro groups is 1. The molecule has 4 nitrogen and oxygen atoms in total. The second kappa shape index (κ2) is 3.61. The standard InChI is InChI=1S/C11H16N2O2/c1-10(2,11(3,4)13(14)15)9-5-7-12-8-6-9/h5-8H,1-4H3. The van der Waals surface area contributed by atoms with Gasteiger partial charge in [-0.05, 0) is 31.5 Å². The van der Waals surface area contributed by atoms with Gasteiger partial charge in [-0.3, -0.25) is 15.1 Å². The summed E-state index contributed by atoms with van der Waals surface area (Å²) in [6, 6.07) is 3.65. The van der Waals surface area contributed by atoms with Crippen LogP contribution in [0.2, 0.25) is 0 Å². The molecular weight excluding hydrogens is 192 g/mol. The number of hydrogen-bond donors (Lipinski definition) is 0. The Labute approximate surface area is 89.5 Å². The molecule has 0 aliphatic carbocycles. The van der Waals surface area contributed by atoms with Gasteiger partial charge in [0.15, 0.2) is 0 Å². The lowest BCUT2D eigenvalue weighted by Crippen LogP contribution is -2.49. The van der Waals surface area contributed by atoms with Gasteiger partial charge in [0, 0.05) is 31.2 Å². The second-order valence-corrected chi connectivity index (χ2v) is 4.68. The van der Waals surface area contributed by atoms with E-state index in [0.29, 0.717) is 0 Å². The Morgan fingerprint density at radius 2 is 1.67 bits per heavy atom. The first-order valence-electron chi connectivity index (χ1n) is 4.85. The molecule has 15 heavy (non-hydrogen) atoms. The summed E-state index contributed by atoms with van der Waals surface area (Å²) in [5, 5.41) is 11.0. The fourth-order valence-electron chi connectivity index (χ4n) is 1.35. The van der Waals surface area contributed by atoms with Crippen molar-refractivity contribution in [3.63, 3.8) is 0 Å². The lowest BCUT2D eigenvalue weighted by Gasteiger charge is -2.34. The molecule has 0 bridgehead atoms. The molecule has 0 radical (unpaired) electrons. The Morgan fingerprint density at radius 3 is 2.07 bits per heavy atom. The molecule has 0 atom stereocenters. The van der Waals surface area contributed by atoms with Crippen molar-refractivity contribution in [2.24, 2.45) is 0 Å². The van der Waals surface area contributed by atoms with Crippen molar-refractivity contribution in [3.05, 3.63) is 40.2 Å². The van der Waals surface area contributed by atoms with Gasteiger partial charge in [0.05, 0.1) is 5.41 Å². The molecule has 0 aliphatic heterocycles. The smallest absolute Gasteiger partial charge is 0.225 e. The summed E-state index contributed by atoms with van der Waals surface area (Å²) in [6.45, 7) is 7.05. The largest absolute Gasteiger partial charge is 0.265 e. The zero-order valence-electron chi connectivity index (χ0n) is 9.52. The topological polar surface area (TPSA) is 56.0 Å². The summed E-state index contributed by atoms with van der Waals surface area (Å²) in [7, 11) is 0. The van der Waals surface area contributed by atoms with Gasteiger partial charge in [0.1, 0.15) is 0 Å². The molecule has 0 saturated carbocycles. The molecule has 0 amide bonds. The van der Waals surface area contributed by atoms with Crippen LogP contribution in [0.1, 0.15) is 33.3 Å². The van der Waals surface area contributed by atoms with E-state index in [2.05, 4.69) is 4.98 Å². The van der Waals surface area contributed by atoms with Gasteiger partial charge in [0.25, 0.3) is 0 Å². The summed E-state index contributed by atoms with van der Waals surface area (Å²) in [4.78, 5) is 14.7. The minimum atomic E-state index is -1.01. The van der Waals surface area contributed by atoms with Gasteiger partial charge in [-0.1, -0.05) is 0 Å². The molecule has 1 rings (SSSR count). The minimum absolute atomic E-state index is 0.229. The highest BCUT2D eigenvalue weighted by atomic mass is 16.6. The molecule has 0 unspecified atom stereocenters. The van der Waals surface area contributed by atoms with Crippen LogP contribution in [0.3, 0.4) is 0 Å². The maximum atomic E-state index is 11.0. The van der Waals surface area contributed by atoms with Crippen LogP contribution in [-0.4, -0.2) is 15.4 Å². The van der Waals surface area contributed by atoms with Gasteiger partial charge in [-0.25, -0.2) is 0 Å². The Balaban J connectivity index is 3.19. The van der Waals surface area contributed by atoms with Gasteiger partial charge >= 0.3 is 0 Å². The van der Waals surface area contributed by atoms with Crippen LogP contribution in [0.5, 0.6) is 0 Å². The molecule has 0 fully saturated rings. The third-order valence-corrected chi connectivity index (χ3v) is 3.39. The van der Waals surface area contributed by atoms with Gasteiger partial charge in [-0.2, -0.15) is 0 Å². The maximum absolute atomic E-state index is 11.0. The average molecular weight is 208 g/mol. The first-order valence-corrected chi connectivity index (χ1v) is 4.85. The van der Waals surface area contributed by atoms with Crippen molar-refractivity contribution in [1.82, 2.24) is 4.98 Å². The number of rotatable bonds is 3. The Kier molecular flexibility index (Phi) is 2.79. The SMILES string of the molecule is CC(C)(c1ccncc1)C(C)(C)[N+](=O)[O-]. The molecule has 4 heteroatoms. The number of pyridine rings is 1. The average Bonchev–Trinajstić information content (AvgIpc) is 2.18. The predicted octanol–water partition coefficient (Wildman–Crippen LogP) is 2.41. The highest BCUT2D eigenvalue weighted by Crippen LogP contribution is 2.36. The van der Waals surface area contributed by atoms with E-state index >= 15 is 0 Å². The molecule has 1 heterocycles. The Hall–Kier alpha value is -1.45. The van der Waals surface area contributed by atoms with Crippen LogP contribution >= 0.6 is 0 Å². The first kappa shape index (κ1) is 11.6. The van der Waals surface area contributed by atoms with Crippen molar-refractivity contribution >= 4 is 0 Å². The van der Waals surface area contributed by atoms with E-state index in [1.54, 1.807) is 26.2 Å². The number of hydrogen-bond acceptors (Lipinski definition) is 3. The number of nitrogens with zero attached hydrogens (tertiary/aromatic N) is 2. The highest BCUT2D eigenvalue weighted by molar-refractivity contribution is 5.24. The van der Waals surface area contributed by atoms with E-state index in [0.717, 1.165) is 5.56 Å². The van der Waals surface area contributed by atoms with Gasteiger partial charge in [0.2, 0.25) is 5.54 Å². The third-order valence-electron chi connectivity index (χ3n) is 3.39. The summed E-state index contributed by atoms with van der Waals surface area (Å²) >= 11 is 0. The molecular formula is C11H16N2O2. The summed E-state index contributed by atoms with van der Waals surface area (Å²) < 4.78 is 0. The van der Waals surface area contributed by atoms with Crippen LogP contribution in [0, 0.1) is 10.1 Å². The molecule has 1 aromatic heterocycles. The predicted molar refractivity (Wildman–Crippen MR) is 58.3 cm³/mol. The summed E-state index contributed by atoms with van der Waals surface area (Å²) in [5.74, 6) is 0. The molecule has 82 valence electrons.